The lowest BCUT2D eigenvalue weighted by atomic mass is 9.95. The molecule has 0 aliphatic carbocycles. The predicted molar refractivity (Wildman–Crippen MR) is 130 cm³/mol. The summed E-state index contributed by atoms with van der Waals surface area (Å²) in [6.07, 6.45) is 4.92. The molecule has 6 nitrogen and oxygen atoms in total. The van der Waals surface area contributed by atoms with Crippen LogP contribution in [0.3, 0.4) is 0 Å². The fourth-order valence-electron chi connectivity index (χ4n) is 4.23. The Hall–Kier alpha value is -3.32. The molecule has 7 heteroatoms. The highest BCUT2D eigenvalue weighted by molar-refractivity contribution is 7.17. The molecule has 0 atom stereocenters. The van der Waals surface area contributed by atoms with Gasteiger partial charge in [0, 0.05) is 36.1 Å². The number of piperidine rings is 1. The lowest BCUT2D eigenvalue weighted by Crippen LogP contribution is -2.38. The normalized spacial score (nSPS) is 14.6. The summed E-state index contributed by atoms with van der Waals surface area (Å²) in [6, 6.07) is 12.4. The molecule has 0 unspecified atom stereocenters. The average molecular weight is 444 g/mol. The summed E-state index contributed by atoms with van der Waals surface area (Å²) in [5.41, 5.74) is 4.57. The van der Waals surface area contributed by atoms with Crippen LogP contribution in [0, 0.1) is 19.8 Å². The van der Waals surface area contributed by atoms with Crippen molar-refractivity contribution in [1.29, 1.82) is 0 Å². The highest BCUT2D eigenvalue weighted by Crippen LogP contribution is 2.39. The van der Waals surface area contributed by atoms with Gasteiger partial charge in [0.15, 0.2) is 0 Å². The maximum absolute atomic E-state index is 12.8. The number of fused-ring (bicyclic) bond motifs is 1. The fourth-order valence-corrected chi connectivity index (χ4v) is 5.14. The summed E-state index contributed by atoms with van der Waals surface area (Å²) in [5, 5.41) is 6.28. The molecular formula is C25H25N5OS. The van der Waals surface area contributed by atoms with Gasteiger partial charge in [0.05, 0.1) is 5.39 Å². The van der Waals surface area contributed by atoms with E-state index < -0.39 is 0 Å². The van der Waals surface area contributed by atoms with Gasteiger partial charge in [-0.1, -0.05) is 35.9 Å². The first-order chi connectivity index (χ1) is 15.6. The highest BCUT2D eigenvalue weighted by atomic mass is 32.1. The van der Waals surface area contributed by atoms with Crippen molar-refractivity contribution in [2.75, 3.05) is 23.3 Å². The van der Waals surface area contributed by atoms with Crippen molar-refractivity contribution in [3.63, 3.8) is 0 Å². The minimum absolute atomic E-state index is 0.0240. The second-order valence-electron chi connectivity index (χ2n) is 8.31. The van der Waals surface area contributed by atoms with Gasteiger partial charge in [-0.25, -0.2) is 15.0 Å². The van der Waals surface area contributed by atoms with Crippen LogP contribution in [0.1, 0.15) is 24.0 Å². The number of thiophene rings is 1. The Bertz CT molecular complexity index is 1260. The molecule has 4 heterocycles. The van der Waals surface area contributed by atoms with Gasteiger partial charge in [0.2, 0.25) is 5.91 Å². The molecule has 32 heavy (non-hydrogen) atoms. The van der Waals surface area contributed by atoms with Gasteiger partial charge in [-0.3, -0.25) is 4.79 Å². The molecule has 1 fully saturated rings. The number of carbonyl (C=O) groups is 1. The maximum Gasteiger partial charge on any atom is 0.228 e. The molecule has 0 bridgehead atoms. The molecule has 1 aromatic carbocycles. The number of hydrogen-bond donors (Lipinski definition) is 1. The Kier molecular flexibility index (Phi) is 5.57. The fraction of sp³-hybridized carbons (Fsp3) is 0.280. The Labute approximate surface area is 191 Å². The van der Waals surface area contributed by atoms with Crippen LogP contribution >= 0.6 is 11.3 Å². The van der Waals surface area contributed by atoms with Crippen LogP contribution in [0.25, 0.3) is 21.3 Å². The SMILES string of the molecule is Cc1ccc(-c2csc3ncnc(N4CCC(C(=O)Nc5ncccc5C)CC4)c23)cc1. The Morgan fingerprint density at radius 2 is 1.84 bits per heavy atom. The standard InChI is InChI=1S/C25H25N5OS/c1-16-5-7-18(8-6-16)20-14-32-25-21(20)23(27-15-28-25)30-12-9-19(10-13-30)24(31)29-22-17(2)4-3-11-26-22/h3-8,11,14-15,19H,9-10,12-13H2,1-2H3,(H,26,29,31). The van der Waals surface area contributed by atoms with E-state index in [2.05, 4.69) is 61.7 Å². The number of nitrogens with zero attached hydrogens (tertiary/aromatic N) is 4. The summed E-state index contributed by atoms with van der Waals surface area (Å²) in [6.45, 7) is 5.63. The minimum atomic E-state index is -0.0240. The van der Waals surface area contributed by atoms with Crippen molar-refractivity contribution >= 4 is 39.1 Å². The number of carbonyl (C=O) groups excluding carboxylic acids is 1. The number of nitrogens with one attached hydrogen (secondary N) is 1. The second-order valence-corrected chi connectivity index (χ2v) is 9.17. The van der Waals surface area contributed by atoms with Gasteiger partial charge < -0.3 is 10.2 Å². The van der Waals surface area contributed by atoms with Crippen molar-refractivity contribution < 1.29 is 4.79 Å². The van der Waals surface area contributed by atoms with E-state index in [4.69, 9.17) is 0 Å². The first-order valence-corrected chi connectivity index (χ1v) is 11.7. The lowest BCUT2D eigenvalue weighted by Gasteiger charge is -2.32. The molecule has 3 aromatic heterocycles. The van der Waals surface area contributed by atoms with Crippen LogP contribution in [0.2, 0.25) is 0 Å². The van der Waals surface area contributed by atoms with Crippen LogP contribution in [0.5, 0.6) is 0 Å². The molecule has 0 saturated carbocycles. The van der Waals surface area contributed by atoms with E-state index in [1.807, 2.05) is 19.1 Å². The number of aromatic nitrogens is 3. The second kappa shape index (κ2) is 8.67. The van der Waals surface area contributed by atoms with E-state index in [9.17, 15) is 4.79 Å². The van der Waals surface area contributed by atoms with Crippen molar-refractivity contribution in [1.82, 2.24) is 15.0 Å². The number of benzene rings is 1. The van der Waals surface area contributed by atoms with E-state index in [0.717, 1.165) is 47.5 Å². The Balaban J connectivity index is 1.35. The lowest BCUT2D eigenvalue weighted by molar-refractivity contribution is -0.120. The number of hydrogen-bond acceptors (Lipinski definition) is 6. The third kappa shape index (κ3) is 3.96. The molecule has 5 rings (SSSR count). The van der Waals surface area contributed by atoms with Gasteiger partial charge >= 0.3 is 0 Å². The van der Waals surface area contributed by atoms with Crippen molar-refractivity contribution in [2.45, 2.75) is 26.7 Å². The summed E-state index contributed by atoms with van der Waals surface area (Å²) >= 11 is 1.65. The average Bonchev–Trinajstić information content (AvgIpc) is 3.25. The van der Waals surface area contributed by atoms with Crippen LogP contribution < -0.4 is 10.2 Å². The molecule has 1 amide bonds. The summed E-state index contributed by atoms with van der Waals surface area (Å²) in [5.74, 6) is 1.64. The maximum atomic E-state index is 12.8. The number of aryl methyl sites for hydroxylation is 2. The molecule has 162 valence electrons. The van der Waals surface area contributed by atoms with Crippen molar-refractivity contribution in [2.24, 2.45) is 5.92 Å². The first-order valence-electron chi connectivity index (χ1n) is 10.9. The highest BCUT2D eigenvalue weighted by Gasteiger charge is 2.28. The van der Waals surface area contributed by atoms with Crippen molar-refractivity contribution in [3.8, 4) is 11.1 Å². The third-order valence-corrected chi connectivity index (χ3v) is 7.02. The number of rotatable bonds is 4. The van der Waals surface area contributed by atoms with E-state index in [1.165, 1.54) is 16.7 Å². The molecule has 1 aliphatic rings. The monoisotopic (exact) mass is 443 g/mol. The van der Waals surface area contributed by atoms with Gasteiger partial charge in [0.1, 0.15) is 22.8 Å². The van der Waals surface area contributed by atoms with Gasteiger partial charge in [-0.15, -0.1) is 11.3 Å². The van der Waals surface area contributed by atoms with E-state index >= 15 is 0 Å². The largest absolute Gasteiger partial charge is 0.356 e. The number of anilines is 2. The topological polar surface area (TPSA) is 71.0 Å². The molecule has 4 aromatic rings. The third-order valence-electron chi connectivity index (χ3n) is 6.13. The van der Waals surface area contributed by atoms with Crippen molar-refractivity contribution in [3.05, 3.63) is 65.4 Å². The van der Waals surface area contributed by atoms with Gasteiger partial charge in [-0.05, 0) is 43.9 Å². The Morgan fingerprint density at radius 1 is 1.06 bits per heavy atom. The summed E-state index contributed by atoms with van der Waals surface area (Å²) < 4.78 is 0. The van der Waals surface area contributed by atoms with Crippen LogP contribution in [-0.2, 0) is 4.79 Å². The Morgan fingerprint density at radius 3 is 2.59 bits per heavy atom. The van der Waals surface area contributed by atoms with Crippen LogP contribution in [0.15, 0.2) is 54.3 Å². The number of pyridine rings is 1. The molecular weight excluding hydrogens is 418 g/mol. The van der Waals surface area contributed by atoms with Crippen LogP contribution in [-0.4, -0.2) is 33.9 Å². The zero-order valence-electron chi connectivity index (χ0n) is 18.2. The molecule has 1 N–H and O–H groups in total. The predicted octanol–water partition coefficient (Wildman–Crippen LogP) is 5.23. The smallest absolute Gasteiger partial charge is 0.228 e. The minimum Gasteiger partial charge on any atom is -0.356 e. The summed E-state index contributed by atoms with van der Waals surface area (Å²) in [7, 11) is 0. The first kappa shape index (κ1) is 20.6. The van der Waals surface area contributed by atoms with E-state index in [-0.39, 0.29) is 11.8 Å². The zero-order valence-corrected chi connectivity index (χ0v) is 19.0. The number of amides is 1. The van der Waals surface area contributed by atoms with E-state index in [1.54, 1.807) is 23.9 Å². The quantitative estimate of drug-likeness (QED) is 0.468. The molecule has 0 radical (unpaired) electrons. The molecule has 0 spiro atoms. The van der Waals surface area contributed by atoms with Crippen LogP contribution in [0.4, 0.5) is 11.6 Å². The molecule has 1 aliphatic heterocycles. The summed E-state index contributed by atoms with van der Waals surface area (Å²) in [4.78, 5) is 29.6. The van der Waals surface area contributed by atoms with Gasteiger partial charge in [-0.2, -0.15) is 0 Å². The zero-order chi connectivity index (χ0) is 22.1. The van der Waals surface area contributed by atoms with Gasteiger partial charge in [0.25, 0.3) is 0 Å². The molecule has 1 saturated heterocycles. The van der Waals surface area contributed by atoms with E-state index in [0.29, 0.717) is 5.82 Å².